The third-order valence-corrected chi connectivity index (χ3v) is 4.76. The Hall–Kier alpha value is 0.0900. The lowest BCUT2D eigenvalue weighted by Crippen LogP contribution is -2.34. The quantitative estimate of drug-likeness (QED) is 0.817. The Bertz CT molecular complexity index is 404. The van der Waals surface area contributed by atoms with Gasteiger partial charge in [-0.25, -0.2) is 0 Å². The van der Waals surface area contributed by atoms with Crippen molar-refractivity contribution in [3.63, 3.8) is 0 Å². The summed E-state index contributed by atoms with van der Waals surface area (Å²) in [7, 11) is 0. The second kappa shape index (κ2) is 6.31. The fourth-order valence-electron chi connectivity index (χ4n) is 1.30. The first-order valence-electron chi connectivity index (χ1n) is 5.19. The van der Waals surface area contributed by atoms with E-state index in [-0.39, 0.29) is 17.9 Å². The number of amides is 1. The van der Waals surface area contributed by atoms with E-state index in [9.17, 15) is 4.79 Å². The van der Waals surface area contributed by atoms with Gasteiger partial charge in [0.25, 0.3) is 5.91 Å². The summed E-state index contributed by atoms with van der Waals surface area (Å²) in [6.07, 6.45) is 0.668. The van der Waals surface area contributed by atoms with Crippen LogP contribution in [0, 0.1) is 5.41 Å². The predicted octanol–water partition coefficient (Wildman–Crippen LogP) is 3.41. The molecule has 1 heterocycles. The van der Waals surface area contributed by atoms with Crippen LogP contribution in [0.1, 0.15) is 30.6 Å². The first-order valence-corrected chi connectivity index (χ1v) is 7.60. The minimum atomic E-state index is -0.0931. The summed E-state index contributed by atoms with van der Waals surface area (Å²) in [5.41, 5.74) is 0.547. The van der Waals surface area contributed by atoms with Gasteiger partial charge in [-0.05, 0) is 49.8 Å². The van der Waals surface area contributed by atoms with E-state index in [1.807, 2.05) is 13.8 Å². The lowest BCUT2D eigenvalue weighted by molar-refractivity contribution is 0.0928. The first-order chi connectivity index (χ1) is 7.85. The SMILES string of the molecule is CC(C)(CCO)CNC(=O)c1cc(Br)sc1Br. The van der Waals surface area contributed by atoms with Crippen molar-refractivity contribution in [1.82, 2.24) is 5.32 Å². The van der Waals surface area contributed by atoms with Crippen LogP contribution < -0.4 is 5.32 Å². The summed E-state index contributed by atoms with van der Waals surface area (Å²) in [5, 5.41) is 11.8. The molecule has 0 unspecified atom stereocenters. The number of hydrogen-bond donors (Lipinski definition) is 2. The second-order valence-electron chi connectivity index (χ2n) is 4.56. The standard InChI is InChI=1S/C11H15Br2NO2S/c1-11(2,3-4-15)6-14-10(16)7-5-8(12)17-9(7)13/h5,15H,3-4,6H2,1-2H3,(H,14,16). The van der Waals surface area contributed by atoms with Gasteiger partial charge in [-0.2, -0.15) is 0 Å². The molecule has 6 heteroatoms. The van der Waals surface area contributed by atoms with Gasteiger partial charge in [0.05, 0.1) is 13.1 Å². The number of carbonyl (C=O) groups is 1. The van der Waals surface area contributed by atoms with Crippen LogP contribution in [-0.2, 0) is 0 Å². The summed E-state index contributed by atoms with van der Waals surface area (Å²) >= 11 is 8.17. The van der Waals surface area contributed by atoms with E-state index < -0.39 is 0 Å². The molecule has 0 spiro atoms. The van der Waals surface area contributed by atoms with Crippen molar-refractivity contribution < 1.29 is 9.90 Å². The molecule has 0 aromatic carbocycles. The Labute approximate surface area is 122 Å². The molecule has 0 bridgehead atoms. The molecule has 1 amide bonds. The first kappa shape index (κ1) is 15.1. The maximum Gasteiger partial charge on any atom is 0.253 e. The largest absolute Gasteiger partial charge is 0.396 e. The van der Waals surface area contributed by atoms with Gasteiger partial charge in [0.1, 0.15) is 0 Å². The number of thiophene rings is 1. The molecule has 0 aliphatic carbocycles. The van der Waals surface area contributed by atoms with Crippen molar-refractivity contribution in [2.75, 3.05) is 13.2 Å². The lowest BCUT2D eigenvalue weighted by atomic mass is 9.90. The third-order valence-electron chi connectivity index (χ3n) is 2.42. The molecule has 0 atom stereocenters. The summed E-state index contributed by atoms with van der Waals surface area (Å²) in [6, 6.07) is 1.79. The smallest absolute Gasteiger partial charge is 0.253 e. The van der Waals surface area contributed by atoms with E-state index >= 15 is 0 Å². The zero-order valence-corrected chi connectivity index (χ0v) is 13.7. The molecule has 3 nitrogen and oxygen atoms in total. The monoisotopic (exact) mass is 383 g/mol. The van der Waals surface area contributed by atoms with Gasteiger partial charge in [0, 0.05) is 13.2 Å². The Morgan fingerprint density at radius 1 is 1.53 bits per heavy atom. The second-order valence-corrected chi connectivity index (χ2v) is 8.31. The number of hydrogen-bond acceptors (Lipinski definition) is 3. The maximum atomic E-state index is 11.9. The van der Waals surface area contributed by atoms with Crippen LogP contribution in [-0.4, -0.2) is 24.2 Å². The average Bonchev–Trinajstić information content (AvgIpc) is 2.54. The van der Waals surface area contributed by atoms with Crippen LogP contribution in [0.15, 0.2) is 13.6 Å². The summed E-state index contributed by atoms with van der Waals surface area (Å²) in [6.45, 7) is 4.72. The van der Waals surface area contributed by atoms with E-state index in [0.717, 1.165) is 7.57 Å². The minimum absolute atomic E-state index is 0.0927. The van der Waals surface area contributed by atoms with Crippen LogP contribution in [0.25, 0.3) is 0 Å². The summed E-state index contributed by atoms with van der Waals surface area (Å²) in [5.74, 6) is -0.0927. The van der Waals surface area contributed by atoms with Crippen LogP contribution >= 0.6 is 43.2 Å². The molecule has 0 aliphatic rings. The Morgan fingerprint density at radius 2 is 2.18 bits per heavy atom. The van der Waals surface area contributed by atoms with Crippen LogP contribution in [0.3, 0.4) is 0 Å². The zero-order chi connectivity index (χ0) is 13.1. The van der Waals surface area contributed by atoms with Crippen LogP contribution in [0.4, 0.5) is 0 Å². The number of halogens is 2. The molecule has 2 N–H and O–H groups in total. The Morgan fingerprint density at radius 3 is 2.65 bits per heavy atom. The topological polar surface area (TPSA) is 49.3 Å². The molecule has 1 rings (SSSR count). The lowest BCUT2D eigenvalue weighted by Gasteiger charge is -2.23. The van der Waals surface area contributed by atoms with Gasteiger partial charge in [-0.1, -0.05) is 13.8 Å². The highest BCUT2D eigenvalue weighted by atomic mass is 79.9. The molecule has 1 aromatic heterocycles. The maximum absolute atomic E-state index is 11.9. The summed E-state index contributed by atoms with van der Waals surface area (Å²) in [4.78, 5) is 11.9. The summed E-state index contributed by atoms with van der Waals surface area (Å²) < 4.78 is 1.74. The van der Waals surface area contributed by atoms with E-state index in [2.05, 4.69) is 37.2 Å². The van der Waals surface area contributed by atoms with E-state index in [0.29, 0.717) is 18.5 Å². The van der Waals surface area contributed by atoms with Crippen molar-refractivity contribution in [3.8, 4) is 0 Å². The molecule has 0 fully saturated rings. The predicted molar refractivity (Wildman–Crippen MR) is 77.5 cm³/mol. The molecule has 17 heavy (non-hydrogen) atoms. The number of carbonyl (C=O) groups excluding carboxylic acids is 1. The zero-order valence-electron chi connectivity index (χ0n) is 9.72. The van der Waals surface area contributed by atoms with E-state index in [1.54, 1.807) is 6.07 Å². The van der Waals surface area contributed by atoms with E-state index in [1.165, 1.54) is 11.3 Å². The molecule has 0 radical (unpaired) electrons. The number of aliphatic hydroxyl groups excluding tert-OH is 1. The van der Waals surface area contributed by atoms with Gasteiger partial charge >= 0.3 is 0 Å². The minimum Gasteiger partial charge on any atom is -0.396 e. The van der Waals surface area contributed by atoms with Crippen LogP contribution in [0.2, 0.25) is 0 Å². The van der Waals surface area contributed by atoms with E-state index in [4.69, 9.17) is 5.11 Å². The molecule has 0 saturated carbocycles. The van der Waals surface area contributed by atoms with Gasteiger partial charge in [0.15, 0.2) is 0 Å². The van der Waals surface area contributed by atoms with Gasteiger partial charge in [-0.15, -0.1) is 11.3 Å². The molecular formula is C11H15Br2NO2S. The average molecular weight is 385 g/mol. The van der Waals surface area contributed by atoms with Gasteiger partial charge in [0.2, 0.25) is 0 Å². The Balaban J connectivity index is 2.59. The van der Waals surface area contributed by atoms with Crippen molar-refractivity contribution in [1.29, 1.82) is 0 Å². The molecule has 96 valence electrons. The van der Waals surface area contributed by atoms with Crippen LogP contribution in [0.5, 0.6) is 0 Å². The van der Waals surface area contributed by atoms with Crippen molar-refractivity contribution in [2.45, 2.75) is 20.3 Å². The number of rotatable bonds is 5. The van der Waals surface area contributed by atoms with Gasteiger partial charge in [-0.3, -0.25) is 4.79 Å². The molecule has 1 aromatic rings. The molecule has 0 aliphatic heterocycles. The number of aliphatic hydroxyl groups is 1. The molecular weight excluding hydrogens is 370 g/mol. The number of nitrogens with one attached hydrogen (secondary N) is 1. The van der Waals surface area contributed by atoms with Crippen molar-refractivity contribution >= 4 is 49.1 Å². The highest BCUT2D eigenvalue weighted by Gasteiger charge is 2.20. The van der Waals surface area contributed by atoms with Crippen molar-refractivity contribution in [3.05, 3.63) is 19.2 Å². The fourth-order valence-corrected chi connectivity index (χ4v) is 4.09. The highest BCUT2D eigenvalue weighted by Crippen LogP contribution is 2.31. The highest BCUT2D eigenvalue weighted by molar-refractivity contribution is 9.12. The Kier molecular flexibility index (Phi) is 5.63. The fraction of sp³-hybridized carbons (Fsp3) is 0.545. The third kappa shape index (κ3) is 4.69. The normalized spacial score (nSPS) is 11.6. The van der Waals surface area contributed by atoms with Crippen molar-refractivity contribution in [2.24, 2.45) is 5.41 Å². The van der Waals surface area contributed by atoms with Gasteiger partial charge < -0.3 is 10.4 Å². The molecule has 0 saturated heterocycles.